The van der Waals surface area contributed by atoms with Crippen molar-refractivity contribution in [2.24, 2.45) is 10.2 Å². The lowest BCUT2D eigenvalue weighted by atomic mass is 10.1. The summed E-state index contributed by atoms with van der Waals surface area (Å²) >= 11 is 0. The number of piperidine rings is 1. The molecule has 3 aromatic rings. The molecule has 5 N–H and O–H groups in total. The van der Waals surface area contributed by atoms with Gasteiger partial charge in [-0.1, -0.05) is 6.07 Å². The zero-order valence-corrected chi connectivity index (χ0v) is 21.5. The van der Waals surface area contributed by atoms with Gasteiger partial charge in [-0.3, -0.25) is 24.8 Å². The lowest BCUT2D eigenvalue weighted by Gasteiger charge is -2.23. The Hall–Kier alpha value is -4.61. The van der Waals surface area contributed by atoms with Gasteiger partial charge in [0.2, 0.25) is 23.6 Å². The van der Waals surface area contributed by atoms with E-state index in [4.69, 9.17) is 4.74 Å². The Morgan fingerprint density at radius 2 is 1.79 bits per heavy atom. The topological polar surface area (TPSA) is 167 Å². The molecule has 2 heterocycles. The van der Waals surface area contributed by atoms with E-state index in [1.54, 1.807) is 70.2 Å². The van der Waals surface area contributed by atoms with Gasteiger partial charge in [-0.15, -0.1) is 0 Å². The second kappa shape index (κ2) is 10.4. The van der Waals surface area contributed by atoms with Gasteiger partial charge in [0.25, 0.3) is 0 Å². The quantitative estimate of drug-likeness (QED) is 0.226. The molecule has 1 aromatic heterocycles. The smallest absolute Gasteiger partial charge is 0.412 e. The largest absolute Gasteiger partial charge is 0.494 e. The van der Waals surface area contributed by atoms with Crippen LogP contribution >= 0.6 is 0 Å². The minimum Gasteiger partial charge on any atom is -0.494 e. The zero-order chi connectivity index (χ0) is 27.6. The minimum atomic E-state index is -0.932. The molecule has 4 rings (SSSR count). The van der Waals surface area contributed by atoms with Crippen LogP contribution in [0.3, 0.4) is 0 Å². The molecule has 0 spiro atoms. The summed E-state index contributed by atoms with van der Waals surface area (Å²) in [5.41, 5.74) is 1.00. The van der Waals surface area contributed by atoms with Gasteiger partial charge < -0.3 is 20.3 Å². The van der Waals surface area contributed by atoms with Gasteiger partial charge in [-0.2, -0.15) is 10.2 Å². The van der Waals surface area contributed by atoms with Crippen LogP contribution in [-0.4, -0.2) is 44.5 Å². The summed E-state index contributed by atoms with van der Waals surface area (Å²) in [5, 5.41) is 38.8. The Morgan fingerprint density at radius 3 is 2.45 bits per heavy atom. The number of azo groups is 1. The monoisotopic (exact) mass is 522 g/mol. The van der Waals surface area contributed by atoms with Crippen molar-refractivity contribution in [1.82, 2.24) is 9.88 Å². The molecule has 2 aromatic carbocycles. The molecule has 1 aliphatic heterocycles. The van der Waals surface area contributed by atoms with Crippen LogP contribution in [0.1, 0.15) is 46.6 Å². The van der Waals surface area contributed by atoms with Crippen molar-refractivity contribution < 1.29 is 29.3 Å². The SMILES string of the molecule is CC(N=Nc1cccc2c(O)n(C3CCC(=O)NC3=O)c(O)c12)Nc1ccc(NC(=O)OC(C)(C)C)cc1. The molecule has 0 radical (unpaired) electrons. The minimum absolute atomic E-state index is 0.0948. The third-order valence-corrected chi connectivity index (χ3v) is 5.73. The van der Waals surface area contributed by atoms with E-state index >= 15 is 0 Å². The molecule has 3 amide bonds. The van der Waals surface area contributed by atoms with Gasteiger partial charge in [0.1, 0.15) is 17.8 Å². The Balaban J connectivity index is 1.48. The van der Waals surface area contributed by atoms with Crippen molar-refractivity contribution in [3.05, 3.63) is 42.5 Å². The number of carbonyl (C=O) groups is 3. The Kier molecular flexibility index (Phi) is 7.24. The third kappa shape index (κ3) is 5.85. The lowest BCUT2D eigenvalue weighted by Crippen LogP contribution is -2.41. The van der Waals surface area contributed by atoms with E-state index in [9.17, 15) is 24.6 Å². The average Bonchev–Trinajstić information content (AvgIpc) is 3.08. The van der Waals surface area contributed by atoms with E-state index < -0.39 is 35.7 Å². The van der Waals surface area contributed by atoms with Gasteiger partial charge in [-0.25, -0.2) is 4.79 Å². The number of aromatic nitrogens is 1. The Morgan fingerprint density at radius 1 is 1.11 bits per heavy atom. The number of nitrogens with zero attached hydrogens (tertiary/aromatic N) is 3. The summed E-state index contributed by atoms with van der Waals surface area (Å²) in [6.07, 6.45) is -0.771. The summed E-state index contributed by atoms with van der Waals surface area (Å²) in [4.78, 5) is 35.8. The lowest BCUT2D eigenvalue weighted by molar-refractivity contribution is -0.135. The van der Waals surface area contributed by atoms with Crippen molar-refractivity contribution in [3.63, 3.8) is 0 Å². The summed E-state index contributed by atoms with van der Waals surface area (Å²) in [6, 6.07) is 10.9. The van der Waals surface area contributed by atoms with E-state index in [1.807, 2.05) is 0 Å². The molecule has 0 bridgehead atoms. The van der Waals surface area contributed by atoms with Gasteiger partial charge in [0.15, 0.2) is 0 Å². The van der Waals surface area contributed by atoms with E-state index in [2.05, 4.69) is 26.2 Å². The number of fused-ring (bicyclic) bond motifs is 1. The van der Waals surface area contributed by atoms with E-state index in [0.717, 1.165) is 10.3 Å². The highest BCUT2D eigenvalue weighted by molar-refractivity contribution is 6.03. The van der Waals surface area contributed by atoms with Crippen LogP contribution in [0, 0.1) is 0 Å². The molecule has 38 heavy (non-hydrogen) atoms. The molecule has 0 saturated carbocycles. The van der Waals surface area contributed by atoms with Crippen LogP contribution in [0.4, 0.5) is 21.9 Å². The fourth-order valence-corrected chi connectivity index (χ4v) is 4.11. The molecular weight excluding hydrogens is 492 g/mol. The zero-order valence-electron chi connectivity index (χ0n) is 21.5. The Labute approximate surface area is 218 Å². The number of carbonyl (C=O) groups excluding carboxylic acids is 3. The highest BCUT2D eigenvalue weighted by atomic mass is 16.6. The third-order valence-electron chi connectivity index (χ3n) is 5.73. The first-order chi connectivity index (χ1) is 17.9. The predicted molar refractivity (Wildman–Crippen MR) is 141 cm³/mol. The molecule has 2 unspecified atom stereocenters. The average molecular weight is 523 g/mol. The van der Waals surface area contributed by atoms with E-state index in [-0.39, 0.29) is 30.0 Å². The fraction of sp³-hybridized carbons (Fsp3) is 0.346. The fourth-order valence-electron chi connectivity index (χ4n) is 4.11. The number of amides is 3. The maximum Gasteiger partial charge on any atom is 0.412 e. The van der Waals surface area contributed by atoms with Crippen molar-refractivity contribution in [2.45, 2.75) is 58.3 Å². The summed E-state index contributed by atoms with van der Waals surface area (Å²) in [5.74, 6) is -1.63. The number of aromatic hydroxyl groups is 2. The molecule has 2 atom stereocenters. The normalized spacial score (nSPS) is 16.9. The number of nitrogens with one attached hydrogen (secondary N) is 3. The maximum absolute atomic E-state index is 12.3. The van der Waals surface area contributed by atoms with E-state index in [1.165, 1.54) is 0 Å². The first kappa shape index (κ1) is 26.5. The van der Waals surface area contributed by atoms with Crippen LogP contribution in [0.25, 0.3) is 10.8 Å². The van der Waals surface area contributed by atoms with Crippen LogP contribution in [0.15, 0.2) is 52.7 Å². The molecule has 1 fully saturated rings. The highest BCUT2D eigenvalue weighted by Gasteiger charge is 2.33. The van der Waals surface area contributed by atoms with Crippen molar-refractivity contribution in [3.8, 4) is 11.8 Å². The first-order valence-corrected chi connectivity index (χ1v) is 12.1. The van der Waals surface area contributed by atoms with Crippen LogP contribution in [0.2, 0.25) is 0 Å². The summed E-state index contributed by atoms with van der Waals surface area (Å²) < 4.78 is 6.35. The number of benzene rings is 2. The molecule has 12 heteroatoms. The van der Waals surface area contributed by atoms with Gasteiger partial charge in [-0.05, 0) is 70.5 Å². The van der Waals surface area contributed by atoms with Gasteiger partial charge in [0.05, 0.1) is 11.1 Å². The molecular formula is C26H30N6O6. The van der Waals surface area contributed by atoms with E-state index in [0.29, 0.717) is 16.8 Å². The van der Waals surface area contributed by atoms with Crippen molar-refractivity contribution >= 4 is 45.7 Å². The molecule has 12 nitrogen and oxygen atoms in total. The number of ether oxygens (including phenoxy) is 1. The maximum atomic E-state index is 12.3. The summed E-state index contributed by atoms with van der Waals surface area (Å²) in [7, 11) is 0. The second-order valence-corrected chi connectivity index (χ2v) is 9.92. The van der Waals surface area contributed by atoms with Crippen molar-refractivity contribution in [1.29, 1.82) is 0 Å². The van der Waals surface area contributed by atoms with Gasteiger partial charge >= 0.3 is 6.09 Å². The first-order valence-electron chi connectivity index (χ1n) is 12.1. The molecule has 1 aliphatic rings. The number of imide groups is 1. The van der Waals surface area contributed by atoms with Gasteiger partial charge in [0, 0.05) is 23.2 Å². The van der Waals surface area contributed by atoms with Crippen LogP contribution in [0.5, 0.6) is 11.8 Å². The molecule has 200 valence electrons. The van der Waals surface area contributed by atoms with Crippen LogP contribution < -0.4 is 16.0 Å². The molecule has 0 aliphatic carbocycles. The number of hydrogen-bond acceptors (Lipinski definition) is 9. The van der Waals surface area contributed by atoms with Crippen molar-refractivity contribution in [2.75, 3.05) is 10.6 Å². The number of anilines is 2. The second-order valence-electron chi connectivity index (χ2n) is 9.92. The number of rotatable bonds is 6. The summed E-state index contributed by atoms with van der Waals surface area (Å²) in [6.45, 7) is 7.14. The highest BCUT2D eigenvalue weighted by Crippen LogP contribution is 2.44. The molecule has 1 saturated heterocycles. The Bertz CT molecular complexity index is 1410. The van der Waals surface area contributed by atoms with Crippen LogP contribution in [-0.2, 0) is 14.3 Å². The predicted octanol–water partition coefficient (Wildman–Crippen LogP) is 4.92. The standard InChI is InChI=1S/C26H30N6O6/c1-14(27-15-8-10-16(11-9-15)28-25(37)38-26(2,3)4)30-31-18-7-5-6-17-21(18)24(36)32(23(17)35)19-12-13-20(33)29-22(19)34/h5-11,14,19,27,35-36H,12-13H2,1-4H3,(H,28,37)(H,29,33,34). The number of hydrogen-bond donors (Lipinski definition) is 5.